The second-order valence-corrected chi connectivity index (χ2v) is 6.82. The first-order chi connectivity index (χ1) is 11.8. The predicted octanol–water partition coefficient (Wildman–Crippen LogP) is 3.18. The molecule has 8 heteroatoms. The number of hydrogen-bond acceptors (Lipinski definition) is 6. The average molecular weight is 387 g/mol. The van der Waals surface area contributed by atoms with E-state index in [1.54, 1.807) is 29.2 Å². The molecule has 1 heterocycles. The molecule has 1 aromatic rings. The number of halogens is 1. The molecular formula is C18H27ClN2O5. The Balaban J connectivity index is 0.00000338. The van der Waals surface area contributed by atoms with Crippen molar-refractivity contribution < 1.29 is 23.8 Å². The Kier molecular flexibility index (Phi) is 8.68. The minimum absolute atomic E-state index is 0. The van der Waals surface area contributed by atoms with Crippen molar-refractivity contribution in [3.05, 3.63) is 30.3 Å². The largest absolute Gasteiger partial charge is 0.513 e. The summed E-state index contributed by atoms with van der Waals surface area (Å²) in [6, 6.07) is 8.79. The van der Waals surface area contributed by atoms with Gasteiger partial charge in [-0.25, -0.2) is 9.59 Å². The third kappa shape index (κ3) is 7.93. The molecule has 1 aromatic carbocycles. The first-order valence-corrected chi connectivity index (χ1v) is 8.43. The van der Waals surface area contributed by atoms with Crippen molar-refractivity contribution in [2.24, 2.45) is 0 Å². The molecule has 0 N–H and O–H groups in total. The van der Waals surface area contributed by atoms with E-state index in [1.807, 2.05) is 26.8 Å². The van der Waals surface area contributed by atoms with E-state index < -0.39 is 11.8 Å². The number of nitrogens with zero attached hydrogens (tertiary/aromatic N) is 2. The zero-order valence-corrected chi connectivity index (χ0v) is 16.3. The molecule has 1 aliphatic heterocycles. The fourth-order valence-electron chi connectivity index (χ4n) is 2.35. The minimum Gasteiger partial charge on any atom is -0.444 e. The van der Waals surface area contributed by atoms with Gasteiger partial charge in [-0.15, -0.1) is 12.4 Å². The summed E-state index contributed by atoms with van der Waals surface area (Å²) in [5.41, 5.74) is -0.485. The molecular weight excluding hydrogens is 360 g/mol. The van der Waals surface area contributed by atoms with Gasteiger partial charge in [0.05, 0.1) is 0 Å². The minimum atomic E-state index is -0.710. The molecule has 7 nitrogen and oxygen atoms in total. The van der Waals surface area contributed by atoms with Crippen molar-refractivity contribution >= 4 is 24.7 Å². The summed E-state index contributed by atoms with van der Waals surface area (Å²) in [4.78, 5) is 27.4. The first kappa shape index (κ1) is 22.1. The Morgan fingerprint density at radius 1 is 1.04 bits per heavy atom. The van der Waals surface area contributed by atoms with Crippen molar-refractivity contribution in [1.82, 2.24) is 9.80 Å². The Morgan fingerprint density at radius 2 is 1.65 bits per heavy atom. The zero-order chi connectivity index (χ0) is 18.3. The lowest BCUT2D eigenvalue weighted by Gasteiger charge is -2.35. The Bertz CT molecular complexity index is 569. The predicted molar refractivity (Wildman–Crippen MR) is 99.9 cm³/mol. The van der Waals surface area contributed by atoms with E-state index in [0.29, 0.717) is 25.4 Å². The van der Waals surface area contributed by atoms with E-state index in [2.05, 4.69) is 4.90 Å². The van der Waals surface area contributed by atoms with E-state index in [4.69, 9.17) is 14.2 Å². The normalized spacial score (nSPS) is 15.0. The van der Waals surface area contributed by atoms with Crippen LogP contribution in [0.25, 0.3) is 0 Å². The smallest absolute Gasteiger partial charge is 0.444 e. The fourth-order valence-corrected chi connectivity index (χ4v) is 2.35. The number of para-hydroxylation sites is 1. The quantitative estimate of drug-likeness (QED) is 0.584. The first-order valence-electron chi connectivity index (χ1n) is 8.43. The lowest BCUT2D eigenvalue weighted by molar-refractivity contribution is 0.0126. The average Bonchev–Trinajstić information content (AvgIpc) is 2.55. The maximum absolute atomic E-state index is 12.0. The highest BCUT2D eigenvalue weighted by molar-refractivity contribution is 5.85. The van der Waals surface area contributed by atoms with Gasteiger partial charge < -0.3 is 19.1 Å². The van der Waals surface area contributed by atoms with Crippen LogP contribution < -0.4 is 4.74 Å². The molecule has 1 saturated heterocycles. The Labute approximate surface area is 160 Å². The molecule has 0 spiro atoms. The molecule has 0 saturated carbocycles. The monoisotopic (exact) mass is 386 g/mol. The topological polar surface area (TPSA) is 68.3 Å². The number of carbonyl (C=O) groups excluding carboxylic acids is 2. The van der Waals surface area contributed by atoms with Crippen LogP contribution in [0, 0.1) is 0 Å². The number of rotatable bonds is 4. The van der Waals surface area contributed by atoms with E-state index in [0.717, 1.165) is 13.1 Å². The van der Waals surface area contributed by atoms with Crippen LogP contribution in [0.3, 0.4) is 0 Å². The third-order valence-electron chi connectivity index (χ3n) is 3.60. The van der Waals surface area contributed by atoms with E-state index >= 15 is 0 Å². The summed E-state index contributed by atoms with van der Waals surface area (Å²) in [5.74, 6) is 0.457. The molecule has 0 aliphatic carbocycles. The van der Waals surface area contributed by atoms with Crippen LogP contribution in [-0.2, 0) is 9.47 Å². The van der Waals surface area contributed by atoms with Gasteiger partial charge in [0.15, 0.2) is 0 Å². The maximum Gasteiger partial charge on any atom is 0.513 e. The van der Waals surface area contributed by atoms with Gasteiger partial charge >= 0.3 is 12.2 Å². The summed E-state index contributed by atoms with van der Waals surface area (Å²) in [6.07, 6.45) is -0.992. The number of ether oxygens (including phenoxy) is 3. The molecule has 1 fully saturated rings. The van der Waals surface area contributed by atoms with Gasteiger partial charge in [0, 0.05) is 32.7 Å². The number of piperazine rings is 1. The molecule has 0 aromatic heterocycles. The van der Waals surface area contributed by atoms with E-state index in [-0.39, 0.29) is 25.1 Å². The molecule has 1 amide bonds. The molecule has 0 atom stereocenters. The third-order valence-corrected chi connectivity index (χ3v) is 3.60. The Hall–Kier alpha value is -1.99. The van der Waals surface area contributed by atoms with Crippen LogP contribution in [0.1, 0.15) is 20.8 Å². The number of hydrogen-bond donors (Lipinski definition) is 0. The van der Waals surface area contributed by atoms with Gasteiger partial charge in [-0.2, -0.15) is 0 Å². The SMILES string of the molecule is CC(C)(C)OC(=O)N1CCN(CCOC(=O)Oc2ccccc2)CC1.Cl. The van der Waals surface area contributed by atoms with Crippen molar-refractivity contribution in [3.63, 3.8) is 0 Å². The van der Waals surface area contributed by atoms with Gasteiger partial charge in [0.2, 0.25) is 0 Å². The van der Waals surface area contributed by atoms with E-state index in [9.17, 15) is 9.59 Å². The highest BCUT2D eigenvalue weighted by atomic mass is 35.5. The van der Waals surface area contributed by atoms with Crippen LogP contribution in [0.15, 0.2) is 30.3 Å². The molecule has 1 aliphatic rings. The van der Waals surface area contributed by atoms with Gasteiger partial charge in [-0.05, 0) is 32.9 Å². The number of benzene rings is 1. The summed E-state index contributed by atoms with van der Waals surface area (Å²) in [5, 5.41) is 0. The number of amides is 1. The molecule has 0 radical (unpaired) electrons. The second-order valence-electron chi connectivity index (χ2n) is 6.82. The Morgan fingerprint density at radius 3 is 2.23 bits per heavy atom. The van der Waals surface area contributed by atoms with Crippen LogP contribution in [0.5, 0.6) is 5.75 Å². The number of carbonyl (C=O) groups is 2. The second kappa shape index (κ2) is 10.2. The standard InChI is InChI=1S/C18H26N2O5.ClH/c1-18(2,3)25-16(21)20-11-9-19(10-12-20)13-14-23-17(22)24-15-7-5-4-6-8-15;/h4-8H,9-14H2,1-3H3;1H. The summed E-state index contributed by atoms with van der Waals surface area (Å²) >= 11 is 0. The van der Waals surface area contributed by atoms with Crippen LogP contribution in [0.4, 0.5) is 9.59 Å². The van der Waals surface area contributed by atoms with Gasteiger partial charge in [-0.1, -0.05) is 18.2 Å². The molecule has 2 rings (SSSR count). The molecule has 0 bridgehead atoms. The molecule has 146 valence electrons. The summed E-state index contributed by atoms with van der Waals surface area (Å²) in [6.45, 7) is 9.05. The fraction of sp³-hybridized carbons (Fsp3) is 0.556. The molecule has 26 heavy (non-hydrogen) atoms. The van der Waals surface area contributed by atoms with Crippen molar-refractivity contribution in [2.45, 2.75) is 26.4 Å². The highest BCUT2D eigenvalue weighted by Crippen LogP contribution is 2.12. The van der Waals surface area contributed by atoms with E-state index in [1.165, 1.54) is 0 Å². The molecule has 0 unspecified atom stereocenters. The van der Waals surface area contributed by atoms with Gasteiger partial charge in [0.1, 0.15) is 18.0 Å². The van der Waals surface area contributed by atoms with Gasteiger partial charge in [0.25, 0.3) is 0 Å². The maximum atomic E-state index is 12.0. The van der Waals surface area contributed by atoms with Crippen molar-refractivity contribution in [2.75, 3.05) is 39.3 Å². The van der Waals surface area contributed by atoms with Crippen molar-refractivity contribution in [1.29, 1.82) is 0 Å². The summed E-state index contributed by atoms with van der Waals surface area (Å²) < 4.78 is 15.5. The van der Waals surface area contributed by atoms with Gasteiger partial charge in [-0.3, -0.25) is 4.90 Å². The lowest BCUT2D eigenvalue weighted by atomic mass is 10.2. The highest BCUT2D eigenvalue weighted by Gasteiger charge is 2.25. The van der Waals surface area contributed by atoms with Crippen molar-refractivity contribution in [3.8, 4) is 5.75 Å². The zero-order valence-electron chi connectivity index (χ0n) is 15.5. The summed E-state index contributed by atoms with van der Waals surface area (Å²) in [7, 11) is 0. The van der Waals surface area contributed by atoms with Crippen LogP contribution in [-0.4, -0.2) is 67.0 Å². The van der Waals surface area contributed by atoms with Crippen LogP contribution in [0.2, 0.25) is 0 Å². The van der Waals surface area contributed by atoms with Crippen LogP contribution >= 0.6 is 12.4 Å². The lowest BCUT2D eigenvalue weighted by Crippen LogP contribution is -2.50.